The van der Waals surface area contributed by atoms with Crippen LogP contribution in [-0.4, -0.2) is 61.1 Å². The van der Waals surface area contributed by atoms with Gasteiger partial charge in [-0.3, -0.25) is 4.90 Å². The van der Waals surface area contributed by atoms with Gasteiger partial charge in [0.1, 0.15) is 0 Å². The van der Waals surface area contributed by atoms with E-state index in [1.807, 2.05) is 4.90 Å². The van der Waals surface area contributed by atoms with E-state index in [2.05, 4.69) is 10.2 Å². The Labute approximate surface area is 110 Å². The minimum atomic E-state index is 0.134. The van der Waals surface area contributed by atoms with E-state index in [-0.39, 0.29) is 6.03 Å². The van der Waals surface area contributed by atoms with E-state index in [9.17, 15) is 4.79 Å². The first-order valence-corrected chi connectivity index (χ1v) is 7.27. The zero-order chi connectivity index (χ0) is 12.8. The second kappa shape index (κ2) is 6.95. The quantitative estimate of drug-likeness (QED) is 0.775. The van der Waals surface area contributed by atoms with Crippen LogP contribution in [0.25, 0.3) is 0 Å². The van der Waals surface area contributed by atoms with Crippen molar-refractivity contribution < 1.29 is 4.79 Å². The molecule has 0 bridgehead atoms. The Balaban J connectivity index is 1.70. The van der Waals surface area contributed by atoms with Crippen molar-refractivity contribution in [3.8, 4) is 0 Å². The van der Waals surface area contributed by atoms with Crippen molar-refractivity contribution in [2.75, 3.05) is 39.3 Å². The SMILES string of the molecule is NCCN1CCN(C(=O)NC2CCCCC2)CC1. The third-order valence-electron chi connectivity index (χ3n) is 4.04. The van der Waals surface area contributed by atoms with Gasteiger partial charge >= 0.3 is 6.03 Å². The molecule has 1 saturated heterocycles. The second-order valence-corrected chi connectivity index (χ2v) is 5.40. The van der Waals surface area contributed by atoms with Crippen molar-refractivity contribution in [1.29, 1.82) is 0 Å². The number of piperazine rings is 1. The van der Waals surface area contributed by atoms with Crippen LogP contribution in [-0.2, 0) is 0 Å². The number of amides is 2. The predicted octanol–water partition coefficient (Wildman–Crippen LogP) is 0.605. The molecule has 0 aromatic carbocycles. The lowest BCUT2D eigenvalue weighted by atomic mass is 9.96. The number of nitrogens with two attached hydrogens (primary N) is 1. The third kappa shape index (κ3) is 3.85. The molecule has 0 spiro atoms. The molecule has 0 aromatic rings. The predicted molar refractivity (Wildman–Crippen MR) is 72.5 cm³/mol. The Hall–Kier alpha value is -0.810. The van der Waals surface area contributed by atoms with Crippen LogP contribution < -0.4 is 11.1 Å². The molecule has 2 fully saturated rings. The molecule has 18 heavy (non-hydrogen) atoms. The summed E-state index contributed by atoms with van der Waals surface area (Å²) in [5, 5.41) is 3.18. The summed E-state index contributed by atoms with van der Waals surface area (Å²) in [6.07, 6.45) is 6.15. The van der Waals surface area contributed by atoms with Crippen molar-refractivity contribution in [3.05, 3.63) is 0 Å². The molecule has 2 amide bonds. The van der Waals surface area contributed by atoms with E-state index < -0.39 is 0 Å². The lowest BCUT2D eigenvalue weighted by molar-refractivity contribution is 0.137. The highest BCUT2D eigenvalue weighted by Crippen LogP contribution is 2.17. The molecule has 2 rings (SSSR count). The molecule has 104 valence electrons. The summed E-state index contributed by atoms with van der Waals surface area (Å²) in [7, 11) is 0. The maximum absolute atomic E-state index is 12.1. The Morgan fingerprint density at radius 1 is 1.11 bits per heavy atom. The van der Waals surface area contributed by atoms with Crippen molar-refractivity contribution in [1.82, 2.24) is 15.1 Å². The molecule has 1 aliphatic carbocycles. The number of carbonyl (C=O) groups is 1. The fourth-order valence-corrected chi connectivity index (χ4v) is 2.87. The van der Waals surface area contributed by atoms with Gasteiger partial charge in [0, 0.05) is 45.3 Å². The van der Waals surface area contributed by atoms with Gasteiger partial charge in [0.05, 0.1) is 0 Å². The van der Waals surface area contributed by atoms with E-state index >= 15 is 0 Å². The first-order valence-electron chi connectivity index (χ1n) is 7.27. The minimum Gasteiger partial charge on any atom is -0.335 e. The van der Waals surface area contributed by atoms with Crippen LogP contribution in [0, 0.1) is 0 Å². The van der Waals surface area contributed by atoms with Gasteiger partial charge in [0.2, 0.25) is 0 Å². The number of nitrogens with zero attached hydrogens (tertiary/aromatic N) is 2. The highest BCUT2D eigenvalue weighted by atomic mass is 16.2. The largest absolute Gasteiger partial charge is 0.335 e. The van der Waals surface area contributed by atoms with Crippen LogP contribution >= 0.6 is 0 Å². The lowest BCUT2D eigenvalue weighted by Gasteiger charge is -2.35. The van der Waals surface area contributed by atoms with E-state index in [1.54, 1.807) is 0 Å². The molecule has 0 atom stereocenters. The number of carbonyl (C=O) groups excluding carboxylic acids is 1. The summed E-state index contributed by atoms with van der Waals surface area (Å²) < 4.78 is 0. The molecule has 2 aliphatic rings. The van der Waals surface area contributed by atoms with Crippen LogP contribution in [0.15, 0.2) is 0 Å². The second-order valence-electron chi connectivity index (χ2n) is 5.40. The molecule has 1 saturated carbocycles. The van der Waals surface area contributed by atoms with Gasteiger partial charge < -0.3 is 16.0 Å². The average Bonchev–Trinajstić information content (AvgIpc) is 2.41. The molecule has 0 radical (unpaired) electrons. The normalized spacial score (nSPS) is 23.1. The number of urea groups is 1. The molecule has 5 nitrogen and oxygen atoms in total. The lowest BCUT2D eigenvalue weighted by Crippen LogP contribution is -2.54. The number of hydrogen-bond donors (Lipinski definition) is 2. The summed E-state index contributed by atoms with van der Waals surface area (Å²) >= 11 is 0. The van der Waals surface area contributed by atoms with E-state index in [0.717, 1.165) is 45.6 Å². The highest BCUT2D eigenvalue weighted by molar-refractivity contribution is 5.74. The van der Waals surface area contributed by atoms with Crippen molar-refractivity contribution >= 4 is 6.03 Å². The summed E-state index contributed by atoms with van der Waals surface area (Å²) in [6, 6.07) is 0.544. The fourth-order valence-electron chi connectivity index (χ4n) is 2.87. The molecule has 5 heteroatoms. The van der Waals surface area contributed by atoms with Gasteiger partial charge in [-0.25, -0.2) is 4.79 Å². The van der Waals surface area contributed by atoms with E-state index in [0.29, 0.717) is 12.6 Å². The van der Waals surface area contributed by atoms with Crippen molar-refractivity contribution in [2.45, 2.75) is 38.1 Å². The fraction of sp³-hybridized carbons (Fsp3) is 0.923. The molecular formula is C13H26N4O. The number of rotatable bonds is 3. The number of nitrogens with one attached hydrogen (secondary N) is 1. The van der Waals surface area contributed by atoms with Crippen LogP contribution in [0.3, 0.4) is 0 Å². The van der Waals surface area contributed by atoms with Gasteiger partial charge in [-0.15, -0.1) is 0 Å². The average molecular weight is 254 g/mol. The monoisotopic (exact) mass is 254 g/mol. The van der Waals surface area contributed by atoms with Crippen LogP contribution in [0.5, 0.6) is 0 Å². The zero-order valence-electron chi connectivity index (χ0n) is 11.2. The molecule has 1 heterocycles. The summed E-state index contributed by atoms with van der Waals surface area (Å²) in [5.74, 6) is 0. The first-order chi connectivity index (χ1) is 8.79. The Morgan fingerprint density at radius 3 is 2.39 bits per heavy atom. The first kappa shape index (κ1) is 13.6. The van der Waals surface area contributed by atoms with Crippen molar-refractivity contribution in [2.24, 2.45) is 5.73 Å². The van der Waals surface area contributed by atoms with Gasteiger partial charge in [-0.05, 0) is 12.8 Å². The van der Waals surface area contributed by atoms with Gasteiger partial charge in [-0.2, -0.15) is 0 Å². The van der Waals surface area contributed by atoms with Crippen molar-refractivity contribution in [3.63, 3.8) is 0 Å². The minimum absolute atomic E-state index is 0.134. The molecule has 0 aromatic heterocycles. The molecule has 3 N–H and O–H groups in total. The van der Waals surface area contributed by atoms with Crippen LogP contribution in [0.4, 0.5) is 4.79 Å². The molecule has 1 aliphatic heterocycles. The Kier molecular flexibility index (Phi) is 5.26. The third-order valence-corrected chi connectivity index (χ3v) is 4.04. The van der Waals surface area contributed by atoms with Gasteiger partial charge in [0.15, 0.2) is 0 Å². The Morgan fingerprint density at radius 2 is 1.78 bits per heavy atom. The summed E-state index contributed by atoms with van der Waals surface area (Å²) in [4.78, 5) is 16.4. The van der Waals surface area contributed by atoms with Crippen LogP contribution in [0.1, 0.15) is 32.1 Å². The maximum atomic E-state index is 12.1. The molecule has 0 unspecified atom stereocenters. The number of hydrogen-bond acceptors (Lipinski definition) is 3. The van der Waals surface area contributed by atoms with Gasteiger partial charge in [-0.1, -0.05) is 19.3 Å². The smallest absolute Gasteiger partial charge is 0.317 e. The topological polar surface area (TPSA) is 61.6 Å². The van der Waals surface area contributed by atoms with E-state index in [4.69, 9.17) is 5.73 Å². The summed E-state index contributed by atoms with van der Waals surface area (Å²) in [5.41, 5.74) is 5.54. The maximum Gasteiger partial charge on any atom is 0.317 e. The molecular weight excluding hydrogens is 228 g/mol. The summed E-state index contributed by atoms with van der Waals surface area (Å²) in [6.45, 7) is 5.22. The standard InChI is InChI=1S/C13H26N4O/c14-6-7-16-8-10-17(11-9-16)13(18)15-12-4-2-1-3-5-12/h12H,1-11,14H2,(H,15,18). The Bertz CT molecular complexity index is 258. The van der Waals surface area contributed by atoms with Crippen LogP contribution in [0.2, 0.25) is 0 Å². The van der Waals surface area contributed by atoms with E-state index in [1.165, 1.54) is 19.3 Å². The highest BCUT2D eigenvalue weighted by Gasteiger charge is 2.23. The van der Waals surface area contributed by atoms with Gasteiger partial charge in [0.25, 0.3) is 0 Å². The zero-order valence-corrected chi connectivity index (χ0v) is 11.2.